The van der Waals surface area contributed by atoms with E-state index in [2.05, 4.69) is 28.1 Å². The first-order chi connectivity index (χ1) is 13.4. The summed E-state index contributed by atoms with van der Waals surface area (Å²) in [4.78, 5) is 25.7. The number of aryl methyl sites for hydroxylation is 1. The smallest absolute Gasteiger partial charge is 0.246 e. The molecule has 0 radical (unpaired) electrons. The number of fused-ring (bicyclic) bond motifs is 1. The van der Waals surface area contributed by atoms with Crippen LogP contribution in [0.4, 0.5) is 5.69 Å². The SMILES string of the molecule is Cc1ccc(NC(=O)[C@@H](CC(C)C)NC(=O)[C@@H]2Cc3ccccc3CN2)cc1.Cl. The lowest BCUT2D eigenvalue weighted by Gasteiger charge is -2.28. The molecule has 2 amide bonds. The minimum Gasteiger partial charge on any atom is -0.343 e. The normalized spacial score (nSPS) is 16.3. The zero-order chi connectivity index (χ0) is 20.1. The molecule has 0 aromatic heterocycles. The molecule has 0 aliphatic carbocycles. The van der Waals surface area contributed by atoms with Crippen molar-refractivity contribution in [2.45, 2.75) is 52.2 Å². The number of hydrogen-bond donors (Lipinski definition) is 3. The van der Waals surface area contributed by atoms with E-state index in [9.17, 15) is 9.59 Å². The maximum Gasteiger partial charge on any atom is 0.246 e. The summed E-state index contributed by atoms with van der Waals surface area (Å²) in [6.45, 7) is 6.77. The van der Waals surface area contributed by atoms with E-state index in [1.165, 1.54) is 11.1 Å². The number of rotatable bonds is 6. The van der Waals surface area contributed by atoms with E-state index in [1.54, 1.807) is 0 Å². The van der Waals surface area contributed by atoms with E-state index in [1.807, 2.05) is 57.2 Å². The molecule has 0 saturated carbocycles. The summed E-state index contributed by atoms with van der Waals surface area (Å²) >= 11 is 0. The largest absolute Gasteiger partial charge is 0.343 e. The van der Waals surface area contributed by atoms with E-state index >= 15 is 0 Å². The highest BCUT2D eigenvalue weighted by atomic mass is 35.5. The Morgan fingerprint density at radius 2 is 1.72 bits per heavy atom. The zero-order valence-corrected chi connectivity index (χ0v) is 18.0. The van der Waals surface area contributed by atoms with Crippen molar-refractivity contribution in [3.8, 4) is 0 Å². The van der Waals surface area contributed by atoms with Crippen LogP contribution in [0.15, 0.2) is 48.5 Å². The number of amides is 2. The summed E-state index contributed by atoms with van der Waals surface area (Å²) in [5.41, 5.74) is 4.28. The molecule has 156 valence electrons. The molecule has 3 N–H and O–H groups in total. The van der Waals surface area contributed by atoms with Gasteiger partial charge in [-0.25, -0.2) is 0 Å². The van der Waals surface area contributed by atoms with Crippen molar-refractivity contribution in [3.05, 3.63) is 65.2 Å². The molecule has 0 saturated heterocycles. The lowest BCUT2D eigenvalue weighted by Crippen LogP contribution is -2.53. The average molecular weight is 416 g/mol. The molecule has 1 heterocycles. The van der Waals surface area contributed by atoms with Gasteiger partial charge >= 0.3 is 0 Å². The molecule has 0 fully saturated rings. The van der Waals surface area contributed by atoms with Crippen LogP contribution in [0.3, 0.4) is 0 Å². The standard InChI is InChI=1S/C23H29N3O2.ClH/c1-15(2)12-21(23(28)25-19-10-8-16(3)9-11-19)26-22(27)20-13-17-6-4-5-7-18(17)14-24-20;/h4-11,15,20-21,24H,12-14H2,1-3H3,(H,25,28)(H,26,27);1H/t20-,21+;/m0./s1. The van der Waals surface area contributed by atoms with E-state index in [-0.39, 0.29) is 36.2 Å². The number of carbonyl (C=O) groups is 2. The topological polar surface area (TPSA) is 70.2 Å². The van der Waals surface area contributed by atoms with Gasteiger partial charge in [0.1, 0.15) is 6.04 Å². The summed E-state index contributed by atoms with van der Waals surface area (Å²) in [7, 11) is 0. The van der Waals surface area contributed by atoms with E-state index < -0.39 is 6.04 Å². The van der Waals surface area contributed by atoms with E-state index in [0.717, 1.165) is 11.3 Å². The number of carbonyl (C=O) groups excluding carboxylic acids is 2. The second-order valence-electron chi connectivity index (χ2n) is 7.95. The van der Waals surface area contributed by atoms with Crippen LogP contribution in [0.25, 0.3) is 0 Å². The van der Waals surface area contributed by atoms with Gasteiger partial charge < -0.3 is 16.0 Å². The lowest BCUT2D eigenvalue weighted by atomic mass is 9.95. The summed E-state index contributed by atoms with van der Waals surface area (Å²) in [5, 5.41) is 9.18. The van der Waals surface area contributed by atoms with Gasteiger partial charge in [-0.2, -0.15) is 0 Å². The van der Waals surface area contributed by atoms with Gasteiger partial charge in [0, 0.05) is 12.2 Å². The number of nitrogens with one attached hydrogen (secondary N) is 3. The Hall–Kier alpha value is -2.37. The van der Waals surface area contributed by atoms with Crippen molar-refractivity contribution in [1.29, 1.82) is 0 Å². The molecule has 0 spiro atoms. The van der Waals surface area contributed by atoms with Crippen LogP contribution in [0.5, 0.6) is 0 Å². The van der Waals surface area contributed by atoms with Crippen LogP contribution in [0, 0.1) is 12.8 Å². The summed E-state index contributed by atoms with van der Waals surface area (Å²) in [5.74, 6) is -0.0181. The maximum atomic E-state index is 12.8. The predicted molar refractivity (Wildman–Crippen MR) is 119 cm³/mol. The molecule has 5 nitrogen and oxygen atoms in total. The summed E-state index contributed by atoms with van der Waals surface area (Å²) < 4.78 is 0. The van der Waals surface area contributed by atoms with Crippen molar-refractivity contribution in [1.82, 2.24) is 10.6 Å². The Morgan fingerprint density at radius 1 is 1.07 bits per heavy atom. The molecule has 2 aromatic carbocycles. The van der Waals surface area contributed by atoms with Crippen molar-refractivity contribution >= 4 is 29.9 Å². The van der Waals surface area contributed by atoms with Crippen LogP contribution in [-0.2, 0) is 22.6 Å². The third-order valence-electron chi connectivity index (χ3n) is 5.06. The van der Waals surface area contributed by atoms with Crippen molar-refractivity contribution in [2.75, 3.05) is 5.32 Å². The van der Waals surface area contributed by atoms with Gasteiger partial charge in [0.2, 0.25) is 11.8 Å². The molecule has 2 aromatic rings. The molecule has 29 heavy (non-hydrogen) atoms. The number of hydrogen-bond acceptors (Lipinski definition) is 3. The van der Waals surface area contributed by atoms with Crippen LogP contribution in [0.2, 0.25) is 0 Å². The Morgan fingerprint density at radius 3 is 2.38 bits per heavy atom. The molecular formula is C23H30ClN3O2. The Bertz CT molecular complexity index is 836. The van der Waals surface area contributed by atoms with Crippen molar-refractivity contribution in [3.63, 3.8) is 0 Å². The molecule has 2 atom stereocenters. The van der Waals surface area contributed by atoms with Crippen LogP contribution >= 0.6 is 12.4 Å². The number of benzene rings is 2. The Balaban J connectivity index is 0.00000300. The Kier molecular flexibility index (Phi) is 8.23. The van der Waals surface area contributed by atoms with Gasteiger partial charge in [0.25, 0.3) is 0 Å². The van der Waals surface area contributed by atoms with Gasteiger partial charge in [0.15, 0.2) is 0 Å². The van der Waals surface area contributed by atoms with Crippen molar-refractivity contribution < 1.29 is 9.59 Å². The summed E-state index contributed by atoms with van der Waals surface area (Å²) in [6, 6.07) is 14.9. The second kappa shape index (κ2) is 10.4. The second-order valence-corrected chi connectivity index (χ2v) is 7.95. The fraction of sp³-hybridized carbons (Fsp3) is 0.391. The first-order valence-corrected chi connectivity index (χ1v) is 9.90. The zero-order valence-electron chi connectivity index (χ0n) is 17.2. The number of halogens is 1. The van der Waals surface area contributed by atoms with Gasteiger partial charge in [-0.3, -0.25) is 9.59 Å². The van der Waals surface area contributed by atoms with Crippen LogP contribution < -0.4 is 16.0 Å². The first-order valence-electron chi connectivity index (χ1n) is 9.90. The predicted octanol–water partition coefficient (Wildman–Crippen LogP) is 3.60. The van der Waals surface area contributed by atoms with Gasteiger partial charge in [0.05, 0.1) is 6.04 Å². The average Bonchev–Trinajstić information content (AvgIpc) is 2.68. The summed E-state index contributed by atoms with van der Waals surface area (Å²) in [6.07, 6.45) is 1.22. The Labute approximate surface area is 179 Å². The monoisotopic (exact) mass is 415 g/mol. The van der Waals surface area contributed by atoms with E-state index in [4.69, 9.17) is 0 Å². The van der Waals surface area contributed by atoms with Gasteiger partial charge in [-0.1, -0.05) is 55.8 Å². The molecule has 6 heteroatoms. The maximum absolute atomic E-state index is 12.8. The van der Waals surface area contributed by atoms with Crippen LogP contribution in [0.1, 0.15) is 37.0 Å². The fourth-order valence-electron chi connectivity index (χ4n) is 3.48. The van der Waals surface area contributed by atoms with Crippen molar-refractivity contribution in [2.24, 2.45) is 5.92 Å². The lowest BCUT2D eigenvalue weighted by molar-refractivity contribution is -0.128. The molecule has 1 aliphatic rings. The molecule has 3 rings (SSSR count). The quantitative estimate of drug-likeness (QED) is 0.675. The third kappa shape index (κ3) is 6.31. The minimum atomic E-state index is -0.562. The highest BCUT2D eigenvalue weighted by Crippen LogP contribution is 2.17. The molecule has 0 unspecified atom stereocenters. The molecule has 1 aliphatic heterocycles. The molecular weight excluding hydrogens is 386 g/mol. The first kappa shape index (κ1) is 22.9. The highest BCUT2D eigenvalue weighted by Gasteiger charge is 2.28. The third-order valence-corrected chi connectivity index (χ3v) is 5.06. The van der Waals surface area contributed by atoms with E-state index in [0.29, 0.717) is 19.4 Å². The highest BCUT2D eigenvalue weighted by molar-refractivity contribution is 5.98. The van der Waals surface area contributed by atoms with Gasteiger partial charge in [-0.15, -0.1) is 12.4 Å². The van der Waals surface area contributed by atoms with Gasteiger partial charge in [-0.05, 0) is 48.9 Å². The molecule has 0 bridgehead atoms. The number of anilines is 1. The minimum absolute atomic E-state index is 0. The van der Waals surface area contributed by atoms with Crippen LogP contribution in [-0.4, -0.2) is 23.9 Å². The fourth-order valence-corrected chi connectivity index (χ4v) is 3.48.